The molecule has 604 valence electrons. The van der Waals surface area contributed by atoms with Gasteiger partial charge in [0.25, 0.3) is 20.2 Å². The maximum absolute atomic E-state index is 11.7. The highest BCUT2D eigenvalue weighted by Crippen LogP contribution is 2.17. The van der Waals surface area contributed by atoms with Crippen LogP contribution in [0, 0.1) is 0 Å². The second-order valence-electron chi connectivity index (χ2n) is 24.4. The van der Waals surface area contributed by atoms with Crippen molar-refractivity contribution in [3.8, 4) is 0 Å². The number of hydrogen-bond acceptors (Lipinski definition) is 36. The second kappa shape index (κ2) is 45.7. The second-order valence-corrected chi connectivity index (χ2v) is 42.8. The van der Waals surface area contributed by atoms with Crippen molar-refractivity contribution in [2.75, 3.05) is 283 Å². The van der Waals surface area contributed by atoms with E-state index in [2.05, 4.69) is 47.6 Å². The number of sulfone groups is 2. The number of ether oxygens (including phenoxy) is 10. The molecule has 41 nitrogen and oxygen atoms in total. The van der Waals surface area contributed by atoms with Gasteiger partial charge >= 0.3 is 0 Å². The molecule has 13 aliphatic rings. The summed E-state index contributed by atoms with van der Waals surface area (Å²) in [4.78, 5) is 11.3. The van der Waals surface area contributed by atoms with Gasteiger partial charge in [-0.25, -0.2) is 63.1 Å². The molecule has 0 saturated carbocycles. The largest absolute Gasteiger partial charge is 0.379 e. The molecule has 0 spiro atoms. The van der Waals surface area contributed by atoms with Crippen LogP contribution in [0.15, 0.2) is 0 Å². The van der Waals surface area contributed by atoms with E-state index in [-0.39, 0.29) is 125 Å². The molecule has 13 rings (SSSR count). The SMILES string of the molecule is C1COCN(CN2CCCOC2)C1.CC1NS(=O)(=O)CCO1.CN1COCCS1(=O)=O.O=S1(=O)CCN(CN2CCCOC2)CC1.O=S1(=O)CCNCO1.O=S1(=O)CCOCC1.O=S1(=O)CCOCN1CN1CCCCC1.O=S1(=O)CCOCN1CN1COCCS1(=O)=O.O=S1(=O)CCOCO1. The van der Waals surface area contributed by atoms with Crippen LogP contribution in [-0.2, 0) is 146 Å². The number of hydrogen-bond donors (Lipinski definition) is 2. The zero-order valence-corrected chi connectivity index (χ0v) is 65.5. The minimum atomic E-state index is -3.43. The van der Waals surface area contributed by atoms with Crippen molar-refractivity contribution in [3.05, 3.63) is 0 Å². The molecule has 2 N–H and O–H groups in total. The molecule has 0 aromatic rings. The van der Waals surface area contributed by atoms with E-state index in [1.807, 2.05) is 0 Å². The first-order chi connectivity index (χ1) is 48.1. The van der Waals surface area contributed by atoms with Gasteiger partial charge in [-0.05, 0) is 52.1 Å². The van der Waals surface area contributed by atoms with E-state index < -0.39 is 90.0 Å². The van der Waals surface area contributed by atoms with Crippen LogP contribution >= 0.6 is 0 Å². The lowest BCUT2D eigenvalue weighted by Crippen LogP contribution is -2.51. The molecule has 0 aromatic carbocycles. The van der Waals surface area contributed by atoms with Crippen molar-refractivity contribution in [2.24, 2.45) is 0 Å². The van der Waals surface area contributed by atoms with Gasteiger partial charge in [0.2, 0.25) is 50.1 Å². The fourth-order valence-electron chi connectivity index (χ4n) is 9.94. The molecular weight excluding hydrogens is 1550 g/mol. The third kappa shape index (κ3) is 38.3. The highest BCUT2D eigenvalue weighted by Gasteiger charge is 2.35. The molecule has 0 aliphatic carbocycles. The van der Waals surface area contributed by atoms with Gasteiger partial charge in [0.1, 0.15) is 39.9 Å². The van der Waals surface area contributed by atoms with Crippen LogP contribution in [-0.4, -0.2) is 406 Å². The van der Waals surface area contributed by atoms with Crippen LogP contribution < -0.4 is 10.0 Å². The Balaban J connectivity index is 0.000000209. The molecule has 1 unspecified atom stereocenters. The lowest BCUT2D eigenvalue weighted by atomic mass is 10.1. The highest BCUT2D eigenvalue weighted by molar-refractivity contribution is 7.92. The topological polar surface area (TPSA) is 471 Å². The minimum Gasteiger partial charge on any atom is -0.379 e. The van der Waals surface area contributed by atoms with Gasteiger partial charge in [0.15, 0.2) is 26.5 Å². The van der Waals surface area contributed by atoms with E-state index in [4.69, 9.17) is 42.6 Å². The summed E-state index contributed by atoms with van der Waals surface area (Å²) in [7, 11) is -26.2. The molecule has 50 heteroatoms. The summed E-state index contributed by atoms with van der Waals surface area (Å²) in [5.74, 6) is 1.16. The van der Waals surface area contributed by atoms with Gasteiger partial charge < -0.3 is 47.4 Å². The van der Waals surface area contributed by atoms with Crippen LogP contribution in [0.5, 0.6) is 0 Å². The molecular formula is C52H107N11O30S9. The first-order valence-corrected chi connectivity index (χ1v) is 48.1. The van der Waals surface area contributed by atoms with Crippen molar-refractivity contribution in [1.82, 2.24) is 51.8 Å². The van der Waals surface area contributed by atoms with Gasteiger partial charge in [-0.15, -0.1) is 0 Å². The van der Waals surface area contributed by atoms with Gasteiger partial charge in [-0.1, -0.05) is 6.42 Å². The summed E-state index contributed by atoms with van der Waals surface area (Å²) in [6.45, 7) is 18.4. The maximum Gasteiger partial charge on any atom is 0.271 e. The molecule has 0 aromatic heterocycles. The molecule has 13 fully saturated rings. The van der Waals surface area contributed by atoms with Crippen LogP contribution in [0.1, 0.15) is 45.4 Å². The average Bonchev–Trinajstić information content (AvgIpc) is 0.863. The Morgan fingerprint density at radius 2 is 0.735 bits per heavy atom. The van der Waals surface area contributed by atoms with Crippen LogP contribution in [0.25, 0.3) is 0 Å². The highest BCUT2D eigenvalue weighted by atomic mass is 32.2. The summed E-state index contributed by atoms with van der Waals surface area (Å²) in [5.41, 5.74) is 0. The predicted molar refractivity (Wildman–Crippen MR) is 368 cm³/mol. The lowest BCUT2D eigenvalue weighted by molar-refractivity contribution is -0.0809. The summed E-state index contributed by atoms with van der Waals surface area (Å²) >= 11 is 0. The first-order valence-electron chi connectivity index (χ1n) is 33.2. The Hall–Kier alpha value is -1.37. The number of likely N-dealkylation sites (tertiary alicyclic amines) is 1. The summed E-state index contributed by atoms with van der Waals surface area (Å²) in [6.07, 6.45) is 6.66. The molecule has 0 amide bonds. The normalized spacial score (nSPS) is 29.1. The molecule has 13 aliphatic heterocycles. The molecule has 1 atom stereocenters. The van der Waals surface area contributed by atoms with Crippen LogP contribution in [0.3, 0.4) is 0 Å². The third-order valence-electron chi connectivity index (χ3n) is 15.8. The van der Waals surface area contributed by atoms with Crippen molar-refractivity contribution < 1.29 is 131 Å². The first kappa shape index (κ1) is 91.2. The predicted octanol–water partition coefficient (Wildman–Crippen LogP) is -5.95. The standard InChI is InChI=1S/2C9H18N2O3S.C9H18N2O2.C7H14N2O6S2.2C4H9NO3S.C4H8O3S.C3H7NO3S.C3H6O4S/c12-15(13)6-3-10(4-7-15)8-11-2-1-5-14-9-11;12-15(13)7-6-14-9-11(15)8-10-4-2-1-3-5-10;1-3-10(8-12-5-1)7-11-4-2-6-13-9-11;10-16(11)3-1-14-6-8(16)5-9-7-15-2-4-17(9,12)13;1-5-4-8-2-3-9(5,6)7;1-4-5-9(6,7)3-2-8-4;5-8(6)3-1-7-2-4-8;5-8(6)2-1-4-3-7-8;4-8(5)2-1-6-3-7-8/h2*1-9H2;1-9H2;1-7H2;2-4H2,1H3;4-5H,2-3H2,1H3;1-4H2;4H,1-3H2;1-3H2. The van der Waals surface area contributed by atoms with Gasteiger partial charge in [-0.2, -0.15) is 38.8 Å². The molecule has 13 saturated heterocycles. The number of rotatable bonds is 8. The smallest absolute Gasteiger partial charge is 0.271 e. The van der Waals surface area contributed by atoms with Crippen molar-refractivity contribution in [2.45, 2.75) is 51.7 Å². The Bertz CT molecular complexity index is 3280. The van der Waals surface area contributed by atoms with E-state index in [1.165, 1.54) is 34.9 Å². The summed E-state index contributed by atoms with van der Waals surface area (Å²) in [5, 5.41) is 2.74. The van der Waals surface area contributed by atoms with E-state index in [9.17, 15) is 75.8 Å². The molecule has 0 bridgehead atoms. The zero-order valence-electron chi connectivity index (χ0n) is 58.2. The Morgan fingerprint density at radius 3 is 1.06 bits per heavy atom. The van der Waals surface area contributed by atoms with E-state index >= 15 is 0 Å². The third-order valence-corrected chi connectivity index (χ3v) is 29.5. The lowest BCUT2D eigenvalue weighted by Gasteiger charge is -2.34. The summed E-state index contributed by atoms with van der Waals surface area (Å²) in [6, 6.07) is 0. The maximum atomic E-state index is 11.7. The molecule has 13 heterocycles. The van der Waals surface area contributed by atoms with Crippen molar-refractivity contribution in [3.63, 3.8) is 0 Å². The number of nitrogens with one attached hydrogen (secondary N) is 2. The van der Waals surface area contributed by atoms with Gasteiger partial charge in [0.05, 0.1) is 163 Å². The summed E-state index contributed by atoms with van der Waals surface area (Å²) < 4.78 is 264. The molecule has 102 heavy (non-hydrogen) atoms. The van der Waals surface area contributed by atoms with E-state index in [0.717, 1.165) is 107 Å². The Morgan fingerprint density at radius 1 is 0.333 bits per heavy atom. The monoisotopic (exact) mass is 1650 g/mol. The fraction of sp³-hybridized carbons (Fsp3) is 1.00. The average molecular weight is 1660 g/mol. The van der Waals surface area contributed by atoms with Crippen LogP contribution in [0.4, 0.5) is 0 Å². The van der Waals surface area contributed by atoms with Gasteiger partial charge in [0, 0.05) is 66.1 Å². The molecule has 0 radical (unpaired) electrons. The zero-order chi connectivity index (χ0) is 74.8. The number of sulfonamides is 5. The Labute approximate surface area is 603 Å². The quantitative estimate of drug-likeness (QED) is 0.214. The number of nitrogens with zero attached hydrogens (tertiary/aromatic N) is 9. The van der Waals surface area contributed by atoms with E-state index in [1.54, 1.807) is 6.92 Å². The van der Waals surface area contributed by atoms with Crippen molar-refractivity contribution >= 4 is 90.0 Å². The minimum absolute atomic E-state index is 0.0208. The fourth-order valence-corrected chi connectivity index (χ4v) is 19.0. The number of piperidine rings is 1. The van der Waals surface area contributed by atoms with Gasteiger partial charge in [-0.3, -0.25) is 34.0 Å². The van der Waals surface area contributed by atoms with Crippen molar-refractivity contribution in [1.29, 1.82) is 0 Å². The Kier molecular flexibility index (Phi) is 40.9. The van der Waals surface area contributed by atoms with E-state index in [0.29, 0.717) is 77.6 Å². The van der Waals surface area contributed by atoms with Crippen LogP contribution in [0.2, 0.25) is 0 Å².